The summed E-state index contributed by atoms with van der Waals surface area (Å²) in [5, 5.41) is 18.4. The summed E-state index contributed by atoms with van der Waals surface area (Å²) in [5.41, 5.74) is 0. The average Bonchev–Trinajstić information content (AvgIpc) is 2.33. The van der Waals surface area contributed by atoms with Gasteiger partial charge in [-0.1, -0.05) is 6.92 Å². The van der Waals surface area contributed by atoms with Crippen molar-refractivity contribution in [3.8, 4) is 0 Å². The third-order valence-electron chi connectivity index (χ3n) is 1.91. The van der Waals surface area contributed by atoms with E-state index in [1.807, 2.05) is 6.92 Å². The molecular formula is C10H20N4O4. The van der Waals surface area contributed by atoms with Crippen LogP contribution in [0, 0.1) is 0 Å². The predicted molar refractivity (Wildman–Crippen MR) is 65.2 cm³/mol. The van der Waals surface area contributed by atoms with Crippen molar-refractivity contribution in [1.82, 2.24) is 21.3 Å². The van der Waals surface area contributed by atoms with Crippen LogP contribution in [0.15, 0.2) is 0 Å². The Morgan fingerprint density at radius 1 is 1.00 bits per heavy atom. The van der Waals surface area contributed by atoms with Crippen molar-refractivity contribution in [1.29, 1.82) is 0 Å². The Labute approximate surface area is 106 Å². The Hall–Kier alpha value is -1.83. The molecule has 0 aliphatic carbocycles. The Bertz CT molecular complexity index is 283. The predicted octanol–water partition coefficient (Wildman–Crippen LogP) is -1.51. The molecule has 0 atom stereocenters. The van der Waals surface area contributed by atoms with Gasteiger partial charge < -0.3 is 26.4 Å². The Balaban J connectivity index is 3.46. The molecule has 0 fully saturated rings. The van der Waals surface area contributed by atoms with Gasteiger partial charge in [0, 0.05) is 6.54 Å². The smallest absolute Gasteiger partial charge is 0.322 e. The molecule has 0 aliphatic rings. The highest BCUT2D eigenvalue weighted by Gasteiger charge is 2.05. The van der Waals surface area contributed by atoms with Crippen molar-refractivity contribution >= 4 is 17.9 Å². The molecule has 0 aromatic heterocycles. The number of carbonyl (C=O) groups excluding carboxylic acids is 2. The van der Waals surface area contributed by atoms with E-state index in [9.17, 15) is 14.4 Å². The van der Waals surface area contributed by atoms with Gasteiger partial charge in [0.15, 0.2) is 0 Å². The lowest BCUT2D eigenvalue weighted by Crippen LogP contribution is -2.43. The van der Waals surface area contributed by atoms with E-state index in [0.717, 1.165) is 19.5 Å². The van der Waals surface area contributed by atoms with E-state index in [2.05, 4.69) is 21.3 Å². The summed E-state index contributed by atoms with van der Waals surface area (Å²) in [7, 11) is 0. The van der Waals surface area contributed by atoms with Crippen LogP contribution in [0.25, 0.3) is 0 Å². The molecule has 0 aliphatic heterocycles. The molecule has 8 nitrogen and oxygen atoms in total. The van der Waals surface area contributed by atoms with Crippen LogP contribution in [-0.2, 0) is 9.59 Å². The van der Waals surface area contributed by atoms with E-state index in [1.165, 1.54) is 0 Å². The summed E-state index contributed by atoms with van der Waals surface area (Å²) < 4.78 is 0. The van der Waals surface area contributed by atoms with Crippen molar-refractivity contribution in [2.24, 2.45) is 0 Å². The molecule has 0 rings (SSSR count). The molecule has 0 saturated carbocycles. The van der Waals surface area contributed by atoms with E-state index in [1.54, 1.807) is 0 Å². The molecule has 18 heavy (non-hydrogen) atoms. The van der Waals surface area contributed by atoms with Crippen molar-refractivity contribution in [3.05, 3.63) is 0 Å². The maximum absolute atomic E-state index is 11.2. The maximum atomic E-state index is 11.2. The Kier molecular flexibility index (Phi) is 9.28. The molecule has 104 valence electrons. The lowest BCUT2D eigenvalue weighted by atomic mass is 10.4. The van der Waals surface area contributed by atoms with Crippen molar-refractivity contribution in [3.63, 3.8) is 0 Å². The number of rotatable bonds is 9. The fourth-order valence-corrected chi connectivity index (χ4v) is 1.05. The molecule has 0 aromatic carbocycles. The number of carbonyl (C=O) groups is 3. The van der Waals surface area contributed by atoms with Crippen LogP contribution < -0.4 is 21.3 Å². The number of urea groups is 1. The number of carboxylic acid groups (broad SMARTS) is 1. The molecule has 0 saturated heterocycles. The second kappa shape index (κ2) is 10.3. The lowest BCUT2D eigenvalue weighted by molar-refractivity contribution is -0.137. The fourth-order valence-electron chi connectivity index (χ4n) is 1.05. The van der Waals surface area contributed by atoms with Crippen LogP contribution in [0.4, 0.5) is 4.79 Å². The zero-order valence-corrected chi connectivity index (χ0v) is 10.4. The van der Waals surface area contributed by atoms with E-state index in [0.29, 0.717) is 6.54 Å². The number of aliphatic carboxylic acids is 1. The minimum atomic E-state index is -1.13. The number of hydrogen-bond acceptors (Lipinski definition) is 4. The summed E-state index contributed by atoms with van der Waals surface area (Å²) in [4.78, 5) is 32.4. The molecule has 0 spiro atoms. The third-order valence-corrected chi connectivity index (χ3v) is 1.91. The van der Waals surface area contributed by atoms with Crippen molar-refractivity contribution in [2.45, 2.75) is 13.3 Å². The van der Waals surface area contributed by atoms with Crippen LogP contribution in [-0.4, -0.2) is 55.7 Å². The highest BCUT2D eigenvalue weighted by molar-refractivity contribution is 5.86. The second-order valence-electron chi connectivity index (χ2n) is 3.49. The minimum Gasteiger partial charge on any atom is -0.480 e. The molecule has 0 unspecified atom stereocenters. The summed E-state index contributed by atoms with van der Waals surface area (Å²) in [6, 6.07) is -0.447. The van der Waals surface area contributed by atoms with Gasteiger partial charge in [-0.25, -0.2) is 4.79 Å². The maximum Gasteiger partial charge on any atom is 0.322 e. The molecule has 0 heterocycles. The summed E-state index contributed by atoms with van der Waals surface area (Å²) >= 11 is 0. The van der Waals surface area contributed by atoms with Gasteiger partial charge in [0.25, 0.3) is 0 Å². The first-order chi connectivity index (χ1) is 8.56. The standard InChI is InChI=1S/C10H20N4O4/c1-2-11-4-3-5-12-10(18)14-6-8(15)13-7-9(16)17/h11H,2-7H2,1H3,(H,13,15)(H,16,17)(H2,12,14,18). The summed E-state index contributed by atoms with van der Waals surface area (Å²) in [5.74, 6) is -1.67. The van der Waals surface area contributed by atoms with E-state index < -0.39 is 24.5 Å². The Morgan fingerprint density at radius 3 is 2.33 bits per heavy atom. The van der Waals surface area contributed by atoms with Gasteiger partial charge in [0.05, 0.1) is 6.54 Å². The van der Waals surface area contributed by atoms with Gasteiger partial charge in [0.1, 0.15) is 6.54 Å². The van der Waals surface area contributed by atoms with E-state index in [4.69, 9.17) is 5.11 Å². The van der Waals surface area contributed by atoms with Crippen LogP contribution in [0.3, 0.4) is 0 Å². The molecule has 8 heteroatoms. The van der Waals surface area contributed by atoms with Gasteiger partial charge in [-0.15, -0.1) is 0 Å². The molecular weight excluding hydrogens is 240 g/mol. The van der Waals surface area contributed by atoms with Crippen LogP contribution in [0.2, 0.25) is 0 Å². The number of amides is 3. The topological polar surface area (TPSA) is 120 Å². The largest absolute Gasteiger partial charge is 0.480 e. The normalized spacial score (nSPS) is 9.61. The molecule has 3 amide bonds. The van der Waals surface area contributed by atoms with Crippen molar-refractivity contribution < 1.29 is 19.5 Å². The average molecular weight is 260 g/mol. The van der Waals surface area contributed by atoms with Gasteiger partial charge in [0.2, 0.25) is 5.91 Å². The van der Waals surface area contributed by atoms with Crippen LogP contribution in [0.5, 0.6) is 0 Å². The zero-order chi connectivity index (χ0) is 13.8. The van der Waals surface area contributed by atoms with Gasteiger partial charge in [-0.3, -0.25) is 9.59 Å². The quantitative estimate of drug-likeness (QED) is 0.323. The Morgan fingerprint density at radius 2 is 1.72 bits per heavy atom. The third kappa shape index (κ3) is 10.7. The molecule has 0 radical (unpaired) electrons. The number of nitrogens with one attached hydrogen (secondary N) is 4. The van der Waals surface area contributed by atoms with Gasteiger partial charge >= 0.3 is 12.0 Å². The SMILES string of the molecule is CCNCCCNC(=O)NCC(=O)NCC(=O)O. The lowest BCUT2D eigenvalue weighted by Gasteiger charge is -2.07. The highest BCUT2D eigenvalue weighted by Crippen LogP contribution is 1.74. The second-order valence-corrected chi connectivity index (χ2v) is 3.49. The molecule has 0 bridgehead atoms. The van der Waals surface area contributed by atoms with Gasteiger partial charge in [-0.05, 0) is 19.5 Å². The van der Waals surface area contributed by atoms with E-state index >= 15 is 0 Å². The first kappa shape index (κ1) is 16.2. The van der Waals surface area contributed by atoms with Gasteiger partial charge in [-0.2, -0.15) is 0 Å². The minimum absolute atomic E-state index is 0.244. The monoisotopic (exact) mass is 260 g/mol. The van der Waals surface area contributed by atoms with Crippen LogP contribution in [0.1, 0.15) is 13.3 Å². The summed E-state index contributed by atoms with van der Waals surface area (Å²) in [6.07, 6.45) is 0.798. The number of carboxylic acids is 1. The zero-order valence-electron chi connectivity index (χ0n) is 10.4. The molecule has 0 aromatic rings. The fraction of sp³-hybridized carbons (Fsp3) is 0.700. The molecule has 5 N–H and O–H groups in total. The van der Waals surface area contributed by atoms with Crippen LogP contribution >= 0.6 is 0 Å². The highest BCUT2D eigenvalue weighted by atomic mass is 16.4. The first-order valence-electron chi connectivity index (χ1n) is 5.77. The number of hydrogen-bond donors (Lipinski definition) is 5. The van der Waals surface area contributed by atoms with E-state index in [-0.39, 0.29) is 6.54 Å². The van der Waals surface area contributed by atoms with Crippen molar-refractivity contribution in [2.75, 3.05) is 32.7 Å². The summed E-state index contributed by atoms with van der Waals surface area (Å²) in [6.45, 7) is 3.51. The first-order valence-corrected chi connectivity index (χ1v) is 5.77.